The molecular formula is C39H46N6O6S. The summed E-state index contributed by atoms with van der Waals surface area (Å²) < 4.78 is 29.7. The maximum Gasteiger partial charge on any atom is 0.268 e. The van der Waals surface area contributed by atoms with E-state index in [0.29, 0.717) is 50.9 Å². The number of amides is 4. The Kier molecular flexibility index (Phi) is 8.97. The van der Waals surface area contributed by atoms with E-state index in [1.54, 1.807) is 34.8 Å². The number of hydrogen-bond donors (Lipinski definition) is 3. The van der Waals surface area contributed by atoms with Gasteiger partial charge in [0, 0.05) is 44.8 Å². The maximum atomic E-state index is 14.7. The fourth-order valence-electron chi connectivity index (χ4n) is 8.49. The summed E-state index contributed by atoms with van der Waals surface area (Å²) >= 11 is 0. The van der Waals surface area contributed by atoms with Crippen molar-refractivity contribution in [3.8, 4) is 0 Å². The normalized spacial score (nSPS) is 28.9. The van der Waals surface area contributed by atoms with Crippen molar-refractivity contribution < 1.29 is 27.6 Å². The SMILES string of the molecule is Cn1cccc1C(=O)NC1CCCCC/C=C/C2CC2(C(=O)NS(=O)(=O)C2CC2)NC(=O)C2C[C@@H](N3Cc4cccc5cccc(c45)C3)CN2C1=O. The molecule has 274 valence electrons. The highest BCUT2D eigenvalue weighted by molar-refractivity contribution is 7.91. The van der Waals surface area contributed by atoms with Crippen LogP contribution in [0.15, 0.2) is 66.9 Å². The maximum absolute atomic E-state index is 14.7. The fraction of sp³-hybridized carbons (Fsp3) is 0.487. The molecule has 8 rings (SSSR count). The number of allylic oxidation sites excluding steroid dienone is 1. The summed E-state index contributed by atoms with van der Waals surface area (Å²) in [4.78, 5) is 60.3. The van der Waals surface area contributed by atoms with Crippen molar-refractivity contribution in [3.63, 3.8) is 0 Å². The molecule has 4 amide bonds. The van der Waals surface area contributed by atoms with Gasteiger partial charge in [0.2, 0.25) is 21.8 Å². The summed E-state index contributed by atoms with van der Waals surface area (Å²) in [6.07, 6.45) is 10.8. The van der Waals surface area contributed by atoms with E-state index in [2.05, 4.69) is 56.7 Å². The Bertz CT molecular complexity index is 2030. The van der Waals surface area contributed by atoms with Crippen LogP contribution in [0.25, 0.3) is 10.8 Å². The molecule has 0 spiro atoms. The lowest BCUT2D eigenvalue weighted by Crippen LogP contribution is -2.58. The highest BCUT2D eigenvalue weighted by atomic mass is 32.2. The van der Waals surface area contributed by atoms with Crippen LogP contribution < -0.4 is 15.4 Å². The van der Waals surface area contributed by atoms with Crippen LogP contribution in [0.3, 0.4) is 0 Å². The van der Waals surface area contributed by atoms with E-state index in [9.17, 15) is 27.6 Å². The number of carbonyl (C=O) groups excluding carboxylic acids is 4. The summed E-state index contributed by atoms with van der Waals surface area (Å²) in [5.74, 6) is -2.29. The summed E-state index contributed by atoms with van der Waals surface area (Å²) in [7, 11) is -2.08. The van der Waals surface area contributed by atoms with Crippen molar-refractivity contribution in [2.24, 2.45) is 13.0 Å². The van der Waals surface area contributed by atoms with E-state index in [1.165, 1.54) is 21.9 Å². The van der Waals surface area contributed by atoms with Crippen molar-refractivity contribution in [1.29, 1.82) is 0 Å². The fourth-order valence-corrected chi connectivity index (χ4v) is 9.85. The number of fused-ring (bicyclic) bond motifs is 2. The summed E-state index contributed by atoms with van der Waals surface area (Å²) in [6.45, 7) is 1.58. The number of carbonyl (C=O) groups is 4. The number of aryl methyl sites for hydroxylation is 1. The van der Waals surface area contributed by atoms with E-state index < -0.39 is 44.7 Å². The van der Waals surface area contributed by atoms with E-state index in [0.717, 1.165) is 19.3 Å². The molecule has 2 aromatic carbocycles. The Balaban J connectivity index is 1.11. The number of sulfonamides is 1. The molecule has 4 heterocycles. The second kappa shape index (κ2) is 13.5. The quantitative estimate of drug-likeness (QED) is 0.330. The summed E-state index contributed by atoms with van der Waals surface area (Å²) in [6, 6.07) is 14.1. The Hall–Kier alpha value is -4.49. The molecule has 3 aliphatic heterocycles. The second-order valence-corrected chi connectivity index (χ2v) is 17.2. The standard InChI is InChI=1S/C39H46N6O6S/c1-43-19-9-16-32(43)35(46)40-31-15-6-4-2-3-5-14-28-21-39(28,38(49)42-52(50,51)30-17-18-30)41-36(47)33-20-29(24-45(33)37(31)48)44-22-26-12-7-10-25-11-8-13-27(23-44)34(25)26/h5,7-14,16,19,28-31,33H,2-4,6,15,17-18,20-24H2,1H3,(H,40,46)(H,41,47)(H,42,49)/b14-5+/t28?,29-,31?,33?,39?/m1/s1. The summed E-state index contributed by atoms with van der Waals surface area (Å²) in [5, 5.41) is 7.81. The first-order valence-corrected chi connectivity index (χ1v) is 20.1. The number of benzene rings is 2. The van der Waals surface area contributed by atoms with Gasteiger partial charge in [-0.15, -0.1) is 0 Å². The third kappa shape index (κ3) is 6.53. The predicted octanol–water partition coefficient (Wildman–Crippen LogP) is 3.27. The average molecular weight is 727 g/mol. The lowest BCUT2D eigenvalue weighted by Gasteiger charge is -2.34. The molecule has 1 aromatic heterocycles. The van der Waals surface area contributed by atoms with Gasteiger partial charge in [0.1, 0.15) is 23.3 Å². The smallest absolute Gasteiger partial charge is 0.268 e. The molecule has 52 heavy (non-hydrogen) atoms. The van der Waals surface area contributed by atoms with Gasteiger partial charge < -0.3 is 20.1 Å². The van der Waals surface area contributed by atoms with Gasteiger partial charge in [0.25, 0.3) is 11.8 Å². The zero-order valence-corrected chi connectivity index (χ0v) is 30.2. The number of rotatable bonds is 6. The van der Waals surface area contributed by atoms with Crippen LogP contribution in [0.2, 0.25) is 0 Å². The van der Waals surface area contributed by atoms with Gasteiger partial charge in [0.05, 0.1) is 5.25 Å². The Labute approximate surface area is 304 Å². The molecule has 2 saturated carbocycles. The second-order valence-electron chi connectivity index (χ2n) is 15.3. The molecular weight excluding hydrogens is 681 g/mol. The minimum Gasteiger partial charge on any atom is -0.347 e. The third-order valence-corrected chi connectivity index (χ3v) is 13.5. The van der Waals surface area contributed by atoms with Crippen molar-refractivity contribution >= 4 is 44.4 Å². The number of nitrogens with one attached hydrogen (secondary N) is 3. The molecule has 5 aliphatic rings. The lowest BCUT2D eigenvalue weighted by molar-refractivity contribution is -0.141. The van der Waals surface area contributed by atoms with E-state index in [1.807, 2.05) is 12.2 Å². The molecule has 2 aliphatic carbocycles. The minimum absolute atomic E-state index is 0.179. The Morgan fingerprint density at radius 2 is 1.69 bits per heavy atom. The highest BCUT2D eigenvalue weighted by Crippen LogP contribution is 2.46. The van der Waals surface area contributed by atoms with Crippen molar-refractivity contribution in [1.82, 2.24) is 29.7 Å². The number of hydrogen-bond acceptors (Lipinski definition) is 7. The zero-order chi connectivity index (χ0) is 36.2. The minimum atomic E-state index is -3.85. The first-order chi connectivity index (χ1) is 25.0. The Morgan fingerprint density at radius 1 is 0.942 bits per heavy atom. The van der Waals surface area contributed by atoms with Crippen LogP contribution in [0.1, 0.15) is 79.4 Å². The number of aromatic nitrogens is 1. The molecule has 0 bridgehead atoms. The van der Waals surface area contributed by atoms with E-state index in [4.69, 9.17) is 0 Å². The average Bonchev–Trinajstić information content (AvgIpc) is 4.01. The summed E-state index contributed by atoms with van der Waals surface area (Å²) in [5.41, 5.74) is 1.37. The first-order valence-electron chi connectivity index (χ1n) is 18.5. The van der Waals surface area contributed by atoms with Gasteiger partial charge in [-0.05, 0) is 79.0 Å². The van der Waals surface area contributed by atoms with Crippen LogP contribution in [0.4, 0.5) is 0 Å². The molecule has 3 N–H and O–H groups in total. The van der Waals surface area contributed by atoms with Gasteiger partial charge in [-0.25, -0.2) is 8.42 Å². The van der Waals surface area contributed by atoms with Crippen molar-refractivity contribution in [3.05, 3.63) is 83.7 Å². The lowest BCUT2D eigenvalue weighted by atomic mass is 9.94. The number of nitrogens with zero attached hydrogens (tertiary/aromatic N) is 3. The Morgan fingerprint density at radius 3 is 2.38 bits per heavy atom. The topological polar surface area (TPSA) is 150 Å². The van der Waals surface area contributed by atoms with Crippen molar-refractivity contribution in [2.75, 3.05) is 6.54 Å². The van der Waals surface area contributed by atoms with Gasteiger partial charge in [-0.3, -0.25) is 28.8 Å². The largest absolute Gasteiger partial charge is 0.347 e. The molecule has 3 fully saturated rings. The first kappa shape index (κ1) is 34.6. The third-order valence-electron chi connectivity index (χ3n) is 11.7. The molecule has 3 aromatic rings. The molecule has 4 unspecified atom stereocenters. The van der Waals surface area contributed by atoms with Crippen LogP contribution >= 0.6 is 0 Å². The van der Waals surface area contributed by atoms with Crippen LogP contribution in [-0.4, -0.2) is 81.9 Å². The highest BCUT2D eigenvalue weighted by Gasteiger charge is 2.62. The van der Waals surface area contributed by atoms with Crippen molar-refractivity contribution in [2.45, 2.75) is 99.8 Å². The molecule has 0 radical (unpaired) electrons. The van der Waals surface area contributed by atoms with Crippen LogP contribution in [-0.2, 0) is 44.5 Å². The molecule has 13 heteroatoms. The van der Waals surface area contributed by atoms with Gasteiger partial charge >= 0.3 is 0 Å². The van der Waals surface area contributed by atoms with Crippen LogP contribution in [0, 0.1) is 5.92 Å². The predicted molar refractivity (Wildman–Crippen MR) is 195 cm³/mol. The molecule has 12 nitrogen and oxygen atoms in total. The van der Waals surface area contributed by atoms with Gasteiger partial charge in [-0.1, -0.05) is 61.4 Å². The van der Waals surface area contributed by atoms with E-state index in [-0.39, 0.29) is 36.7 Å². The van der Waals surface area contributed by atoms with Gasteiger partial charge in [-0.2, -0.15) is 0 Å². The zero-order valence-electron chi connectivity index (χ0n) is 29.4. The van der Waals surface area contributed by atoms with Crippen LogP contribution in [0.5, 0.6) is 0 Å². The molecule has 1 saturated heterocycles. The van der Waals surface area contributed by atoms with E-state index >= 15 is 0 Å². The van der Waals surface area contributed by atoms with Gasteiger partial charge in [0.15, 0.2) is 0 Å². The molecule has 5 atom stereocenters. The monoisotopic (exact) mass is 726 g/mol.